The first-order chi connectivity index (χ1) is 5.33. The van der Waals surface area contributed by atoms with Gasteiger partial charge in [0.1, 0.15) is 0 Å². The monoisotopic (exact) mass is 202 g/mol. The molecule has 1 heterocycles. The molecule has 1 aliphatic heterocycles. The molecule has 0 radical (unpaired) electrons. The van der Waals surface area contributed by atoms with E-state index in [-0.39, 0.29) is 11.9 Å². The van der Waals surface area contributed by atoms with Crippen molar-refractivity contribution >= 4 is 23.2 Å². The molecule has 2 nitrogen and oxygen atoms in total. The molecule has 70 valence electrons. The van der Waals surface area contributed by atoms with Gasteiger partial charge in [-0.05, 0) is 19.8 Å². The van der Waals surface area contributed by atoms with E-state index in [0.29, 0.717) is 0 Å². The van der Waals surface area contributed by atoms with Crippen LogP contribution in [0.5, 0.6) is 0 Å². The van der Waals surface area contributed by atoms with Crippen LogP contribution < -0.4 is 0 Å². The predicted octanol–water partition coefficient (Wildman–Crippen LogP) is 2.22. The molecule has 0 spiro atoms. The SMILES string of the molecule is C1CCOC1.CCO.ClCCl. The average molecular weight is 203 g/mol. The van der Waals surface area contributed by atoms with E-state index in [1.54, 1.807) is 6.92 Å². The molecule has 1 fully saturated rings. The Kier molecular flexibility index (Phi) is 21.5. The molecule has 0 aromatic carbocycles. The highest BCUT2D eigenvalue weighted by Crippen LogP contribution is 1.98. The van der Waals surface area contributed by atoms with Crippen molar-refractivity contribution in [3.8, 4) is 0 Å². The lowest BCUT2D eigenvalue weighted by Crippen LogP contribution is -1.74. The molecule has 0 unspecified atom stereocenters. The minimum atomic E-state index is 0.194. The Balaban J connectivity index is 0. The number of ether oxygens (including phenoxy) is 1. The van der Waals surface area contributed by atoms with Gasteiger partial charge in [0, 0.05) is 19.8 Å². The van der Waals surface area contributed by atoms with E-state index in [2.05, 4.69) is 0 Å². The van der Waals surface area contributed by atoms with Crippen LogP contribution in [0.4, 0.5) is 0 Å². The first-order valence-electron chi connectivity index (χ1n) is 3.64. The molecule has 4 heteroatoms. The highest BCUT2D eigenvalue weighted by molar-refractivity contribution is 6.40. The number of aliphatic hydroxyl groups is 1. The summed E-state index contributed by atoms with van der Waals surface area (Å²) in [6.07, 6.45) is 2.56. The van der Waals surface area contributed by atoms with Crippen LogP contribution in [0.25, 0.3) is 0 Å². The van der Waals surface area contributed by atoms with Crippen LogP contribution >= 0.6 is 23.2 Å². The van der Waals surface area contributed by atoms with Crippen molar-refractivity contribution in [2.75, 3.05) is 25.2 Å². The second kappa shape index (κ2) is 16.8. The summed E-state index contributed by atoms with van der Waals surface area (Å²) in [5, 5.41) is 7.76. The van der Waals surface area contributed by atoms with Gasteiger partial charge in [-0.1, -0.05) is 0 Å². The molecule has 0 saturated carbocycles. The van der Waals surface area contributed by atoms with Gasteiger partial charge in [0.25, 0.3) is 0 Å². The topological polar surface area (TPSA) is 29.5 Å². The third kappa shape index (κ3) is 25.1. The quantitative estimate of drug-likeness (QED) is 0.611. The van der Waals surface area contributed by atoms with E-state index in [1.165, 1.54) is 12.8 Å². The van der Waals surface area contributed by atoms with Gasteiger partial charge in [-0.15, -0.1) is 23.2 Å². The van der Waals surface area contributed by atoms with E-state index in [4.69, 9.17) is 33.0 Å². The van der Waals surface area contributed by atoms with Crippen molar-refractivity contribution in [3.63, 3.8) is 0 Å². The van der Waals surface area contributed by atoms with Gasteiger partial charge < -0.3 is 9.84 Å². The maximum Gasteiger partial charge on any atom is 0.0967 e. The number of hydrogen-bond acceptors (Lipinski definition) is 2. The zero-order valence-electron chi connectivity index (χ0n) is 6.85. The summed E-state index contributed by atoms with van der Waals surface area (Å²) in [5.41, 5.74) is 0. The first-order valence-corrected chi connectivity index (χ1v) is 4.70. The second-order valence-electron chi connectivity index (χ2n) is 1.74. The molecule has 0 amide bonds. The van der Waals surface area contributed by atoms with E-state index >= 15 is 0 Å². The van der Waals surface area contributed by atoms with E-state index in [0.717, 1.165) is 13.2 Å². The molecular formula is C7H16Cl2O2. The molecular weight excluding hydrogens is 187 g/mol. The van der Waals surface area contributed by atoms with Crippen LogP contribution in [-0.2, 0) is 4.74 Å². The number of alkyl halides is 2. The minimum Gasteiger partial charge on any atom is -0.397 e. The molecule has 1 saturated heterocycles. The van der Waals surface area contributed by atoms with Gasteiger partial charge >= 0.3 is 0 Å². The zero-order chi connectivity index (χ0) is 8.95. The molecule has 0 aromatic rings. The van der Waals surface area contributed by atoms with Crippen LogP contribution in [0.3, 0.4) is 0 Å². The summed E-state index contributed by atoms with van der Waals surface area (Å²) in [6, 6.07) is 0. The third-order valence-corrected chi connectivity index (χ3v) is 0.827. The average Bonchev–Trinajstić information content (AvgIpc) is 2.44. The molecule has 1 rings (SSSR count). The largest absolute Gasteiger partial charge is 0.397 e. The van der Waals surface area contributed by atoms with Gasteiger partial charge in [-0.25, -0.2) is 0 Å². The molecule has 1 N–H and O–H groups in total. The van der Waals surface area contributed by atoms with Gasteiger partial charge in [-0.3, -0.25) is 0 Å². The Bertz CT molecular complexity index is 40.1. The highest BCUT2D eigenvalue weighted by atomic mass is 35.5. The molecule has 0 aliphatic carbocycles. The summed E-state index contributed by atoms with van der Waals surface area (Å²) in [7, 11) is 0. The lowest BCUT2D eigenvalue weighted by Gasteiger charge is -1.76. The third-order valence-electron chi connectivity index (χ3n) is 0.827. The molecule has 1 aliphatic rings. The Morgan fingerprint density at radius 2 is 1.55 bits per heavy atom. The summed E-state index contributed by atoms with van der Waals surface area (Å²) in [6.45, 7) is 3.93. The van der Waals surface area contributed by atoms with Crippen molar-refractivity contribution in [2.45, 2.75) is 19.8 Å². The van der Waals surface area contributed by atoms with Crippen LogP contribution in [0.15, 0.2) is 0 Å². The fourth-order valence-corrected chi connectivity index (χ4v) is 0.510. The number of hydrogen-bond donors (Lipinski definition) is 1. The standard InChI is InChI=1S/C4H8O.C2H6O.CH2Cl2/c1-2-4-5-3-1;1-2-3;2-1-3/h1-4H2;3H,2H2,1H3;1H2. The van der Waals surface area contributed by atoms with Crippen LogP contribution in [0.2, 0.25) is 0 Å². The number of halogens is 2. The lowest BCUT2D eigenvalue weighted by atomic mass is 10.4. The summed E-state index contributed by atoms with van der Waals surface area (Å²) in [4.78, 5) is 0. The van der Waals surface area contributed by atoms with E-state index in [1.807, 2.05) is 0 Å². The van der Waals surface area contributed by atoms with Gasteiger partial charge in [-0.2, -0.15) is 0 Å². The molecule has 0 bridgehead atoms. The van der Waals surface area contributed by atoms with Gasteiger partial charge in [0.15, 0.2) is 0 Å². The van der Waals surface area contributed by atoms with Gasteiger partial charge in [0.05, 0.1) is 5.34 Å². The maximum absolute atomic E-state index is 7.57. The normalized spacial score (nSPS) is 14.2. The predicted molar refractivity (Wildman–Crippen MR) is 49.4 cm³/mol. The summed E-state index contributed by atoms with van der Waals surface area (Å²) >= 11 is 9.53. The minimum absolute atomic E-state index is 0.194. The second-order valence-corrected chi connectivity index (χ2v) is 2.54. The van der Waals surface area contributed by atoms with E-state index < -0.39 is 0 Å². The molecule has 0 aromatic heterocycles. The van der Waals surface area contributed by atoms with Crippen molar-refractivity contribution in [3.05, 3.63) is 0 Å². The van der Waals surface area contributed by atoms with Gasteiger partial charge in [0.2, 0.25) is 0 Å². The smallest absolute Gasteiger partial charge is 0.0967 e. The maximum atomic E-state index is 7.57. The molecule has 11 heavy (non-hydrogen) atoms. The number of aliphatic hydroxyl groups excluding tert-OH is 1. The summed E-state index contributed by atoms with van der Waals surface area (Å²) in [5.74, 6) is 0. The van der Waals surface area contributed by atoms with Crippen LogP contribution in [0.1, 0.15) is 19.8 Å². The van der Waals surface area contributed by atoms with E-state index in [9.17, 15) is 0 Å². The fourth-order valence-electron chi connectivity index (χ4n) is 0.510. The Morgan fingerprint density at radius 1 is 1.27 bits per heavy atom. The van der Waals surface area contributed by atoms with Crippen molar-refractivity contribution in [1.29, 1.82) is 0 Å². The number of rotatable bonds is 0. The van der Waals surface area contributed by atoms with Crippen molar-refractivity contribution in [2.24, 2.45) is 0 Å². The first kappa shape index (κ1) is 14.0. The Hall–Kier alpha value is 0.500. The lowest BCUT2D eigenvalue weighted by molar-refractivity contribution is 0.198. The zero-order valence-corrected chi connectivity index (χ0v) is 8.37. The Labute approximate surface area is 78.4 Å². The van der Waals surface area contributed by atoms with Crippen molar-refractivity contribution in [1.82, 2.24) is 0 Å². The van der Waals surface area contributed by atoms with Crippen molar-refractivity contribution < 1.29 is 9.84 Å². The van der Waals surface area contributed by atoms with Crippen LogP contribution in [-0.4, -0.2) is 30.3 Å². The summed E-state index contributed by atoms with van der Waals surface area (Å²) < 4.78 is 4.94. The van der Waals surface area contributed by atoms with Crippen LogP contribution in [0, 0.1) is 0 Å². The molecule has 0 atom stereocenters. The highest BCUT2D eigenvalue weighted by Gasteiger charge is 1.94. The fraction of sp³-hybridized carbons (Fsp3) is 1.00. The Morgan fingerprint density at radius 3 is 1.64 bits per heavy atom.